The molecule has 0 radical (unpaired) electrons. The van der Waals surface area contributed by atoms with E-state index in [0.717, 1.165) is 16.5 Å². The summed E-state index contributed by atoms with van der Waals surface area (Å²) >= 11 is 0. The zero-order chi connectivity index (χ0) is 19.5. The van der Waals surface area contributed by atoms with Crippen LogP contribution in [0.5, 0.6) is 0 Å². The maximum Gasteiger partial charge on any atom is 0.0994 e. The molecule has 0 aliphatic heterocycles. The first-order valence-electron chi connectivity index (χ1n) is 9.85. The second kappa shape index (κ2) is 5.80. The lowest BCUT2D eigenvalue weighted by molar-refractivity contribution is 1.42. The van der Waals surface area contributed by atoms with Crippen molar-refractivity contribution in [2.45, 2.75) is 6.92 Å². The third-order valence-electron chi connectivity index (χ3n) is 6.15. The van der Waals surface area contributed by atoms with E-state index in [4.69, 9.17) is 0 Å². The topological polar surface area (TPSA) is 23.8 Å². The summed E-state index contributed by atoms with van der Waals surface area (Å²) in [6.45, 7) is 2.03. The lowest BCUT2D eigenvalue weighted by Crippen LogP contribution is -1.89. The number of fused-ring (bicyclic) bond motifs is 9. The van der Waals surface area contributed by atoms with Crippen LogP contribution in [0.25, 0.3) is 53.9 Å². The zero-order valence-electron chi connectivity index (χ0n) is 16.0. The smallest absolute Gasteiger partial charge is 0.0994 e. The van der Waals surface area contributed by atoms with Crippen LogP contribution in [-0.4, -0.2) is 0 Å². The number of hydrogen-bond acceptors (Lipinski definition) is 1. The molecule has 0 aromatic heterocycles. The Morgan fingerprint density at radius 1 is 0.552 bits per heavy atom. The first kappa shape index (κ1) is 16.1. The lowest BCUT2D eigenvalue weighted by Gasteiger charge is -2.15. The molecule has 6 aromatic carbocycles. The van der Waals surface area contributed by atoms with Crippen molar-refractivity contribution in [2.75, 3.05) is 0 Å². The number of rotatable bonds is 0. The average molecular weight is 367 g/mol. The number of aryl methyl sites for hydroxylation is 1. The summed E-state index contributed by atoms with van der Waals surface area (Å²) in [6.07, 6.45) is 0. The zero-order valence-corrected chi connectivity index (χ0v) is 16.0. The normalized spacial score (nSPS) is 11.6. The third-order valence-corrected chi connectivity index (χ3v) is 6.15. The second-order valence-electron chi connectivity index (χ2n) is 7.78. The highest BCUT2D eigenvalue weighted by molar-refractivity contribution is 6.32. The molecule has 0 bridgehead atoms. The Bertz CT molecular complexity index is 1670. The molecular formula is C28H17N. The van der Waals surface area contributed by atoms with Gasteiger partial charge in [0.05, 0.1) is 11.6 Å². The van der Waals surface area contributed by atoms with Crippen molar-refractivity contribution in [1.29, 1.82) is 5.26 Å². The first-order valence-corrected chi connectivity index (χ1v) is 9.85. The minimum absolute atomic E-state index is 0.742. The molecule has 0 heterocycles. The molecule has 0 atom stereocenters. The highest BCUT2D eigenvalue weighted by Crippen LogP contribution is 2.41. The van der Waals surface area contributed by atoms with E-state index in [1.165, 1.54) is 48.5 Å². The quantitative estimate of drug-likeness (QED) is 0.200. The molecular weight excluding hydrogens is 350 g/mol. The van der Waals surface area contributed by atoms with Crippen molar-refractivity contribution in [3.63, 3.8) is 0 Å². The Morgan fingerprint density at radius 3 is 1.90 bits per heavy atom. The van der Waals surface area contributed by atoms with Gasteiger partial charge in [0.1, 0.15) is 0 Å². The predicted octanol–water partition coefficient (Wildman–Crippen LogP) is 7.63. The second-order valence-corrected chi connectivity index (χ2v) is 7.78. The molecule has 134 valence electrons. The Labute approximate surface area is 168 Å². The van der Waals surface area contributed by atoms with Gasteiger partial charge in [-0.05, 0) is 90.6 Å². The Morgan fingerprint density at radius 2 is 1.17 bits per heavy atom. The van der Waals surface area contributed by atoms with Gasteiger partial charge in [0.2, 0.25) is 0 Å². The number of benzene rings is 6. The van der Waals surface area contributed by atoms with Crippen LogP contribution in [0.1, 0.15) is 11.1 Å². The number of nitrogens with zero attached hydrogens (tertiary/aromatic N) is 1. The van der Waals surface area contributed by atoms with Crippen LogP contribution in [0.15, 0.2) is 84.9 Å². The van der Waals surface area contributed by atoms with Crippen molar-refractivity contribution < 1.29 is 0 Å². The molecule has 6 rings (SSSR count). The Hall–Kier alpha value is -3.89. The summed E-state index contributed by atoms with van der Waals surface area (Å²) in [6, 6.07) is 32.7. The SMILES string of the molecule is Cc1cc2c(cc1C#N)c1cc3ccccc3cc1c1ccc3ccccc3c12. The Balaban J connectivity index is 2.00. The predicted molar refractivity (Wildman–Crippen MR) is 123 cm³/mol. The summed E-state index contributed by atoms with van der Waals surface area (Å²) in [5.74, 6) is 0. The molecule has 0 spiro atoms. The molecule has 0 aliphatic rings. The lowest BCUT2D eigenvalue weighted by atomic mass is 9.88. The van der Waals surface area contributed by atoms with E-state index < -0.39 is 0 Å². The highest BCUT2D eigenvalue weighted by Gasteiger charge is 2.14. The molecule has 0 saturated carbocycles. The molecule has 0 aliphatic carbocycles. The molecule has 0 N–H and O–H groups in total. The molecule has 6 aromatic rings. The summed E-state index contributed by atoms with van der Waals surface area (Å²) in [7, 11) is 0. The molecule has 0 unspecified atom stereocenters. The van der Waals surface area contributed by atoms with Gasteiger partial charge in [0.15, 0.2) is 0 Å². The highest BCUT2D eigenvalue weighted by atomic mass is 14.2. The fraction of sp³-hybridized carbons (Fsp3) is 0.0357. The van der Waals surface area contributed by atoms with Gasteiger partial charge < -0.3 is 0 Å². The summed E-state index contributed by atoms with van der Waals surface area (Å²) < 4.78 is 0. The monoisotopic (exact) mass is 367 g/mol. The summed E-state index contributed by atoms with van der Waals surface area (Å²) in [5.41, 5.74) is 1.76. The molecule has 1 heteroatoms. The van der Waals surface area contributed by atoms with Crippen LogP contribution in [0, 0.1) is 18.3 Å². The summed E-state index contributed by atoms with van der Waals surface area (Å²) in [5, 5.41) is 22.0. The number of nitriles is 1. The third kappa shape index (κ3) is 2.21. The van der Waals surface area contributed by atoms with Crippen molar-refractivity contribution in [3.05, 3.63) is 96.1 Å². The minimum atomic E-state index is 0.742. The van der Waals surface area contributed by atoms with E-state index in [1.54, 1.807) is 0 Å². The van der Waals surface area contributed by atoms with E-state index >= 15 is 0 Å². The van der Waals surface area contributed by atoms with Crippen molar-refractivity contribution in [1.82, 2.24) is 0 Å². The van der Waals surface area contributed by atoms with Crippen LogP contribution in [0.3, 0.4) is 0 Å². The fourth-order valence-electron chi connectivity index (χ4n) is 4.73. The van der Waals surface area contributed by atoms with E-state index in [9.17, 15) is 5.26 Å². The van der Waals surface area contributed by atoms with Gasteiger partial charge in [0.25, 0.3) is 0 Å². The van der Waals surface area contributed by atoms with E-state index in [2.05, 4.69) is 91.0 Å². The molecule has 0 fully saturated rings. The van der Waals surface area contributed by atoms with Gasteiger partial charge in [0, 0.05) is 0 Å². The maximum absolute atomic E-state index is 9.66. The summed E-state index contributed by atoms with van der Waals surface area (Å²) in [4.78, 5) is 0. The van der Waals surface area contributed by atoms with Gasteiger partial charge >= 0.3 is 0 Å². The van der Waals surface area contributed by atoms with Gasteiger partial charge in [-0.2, -0.15) is 5.26 Å². The van der Waals surface area contributed by atoms with Crippen LogP contribution in [0.2, 0.25) is 0 Å². The van der Waals surface area contributed by atoms with Crippen molar-refractivity contribution >= 4 is 53.9 Å². The van der Waals surface area contributed by atoms with Crippen molar-refractivity contribution in [2.24, 2.45) is 0 Å². The molecule has 0 amide bonds. The van der Waals surface area contributed by atoms with Crippen LogP contribution in [-0.2, 0) is 0 Å². The van der Waals surface area contributed by atoms with E-state index in [-0.39, 0.29) is 0 Å². The van der Waals surface area contributed by atoms with Crippen LogP contribution in [0.4, 0.5) is 0 Å². The number of hydrogen-bond donors (Lipinski definition) is 0. The van der Waals surface area contributed by atoms with E-state index in [1.807, 2.05) is 6.92 Å². The van der Waals surface area contributed by atoms with Crippen LogP contribution >= 0.6 is 0 Å². The van der Waals surface area contributed by atoms with Gasteiger partial charge in [-0.3, -0.25) is 0 Å². The van der Waals surface area contributed by atoms with Gasteiger partial charge in [-0.1, -0.05) is 60.7 Å². The molecule has 0 saturated heterocycles. The molecule has 1 nitrogen and oxygen atoms in total. The molecule has 29 heavy (non-hydrogen) atoms. The fourth-order valence-corrected chi connectivity index (χ4v) is 4.73. The van der Waals surface area contributed by atoms with E-state index in [0.29, 0.717) is 0 Å². The first-order chi connectivity index (χ1) is 14.2. The van der Waals surface area contributed by atoms with Crippen LogP contribution < -0.4 is 0 Å². The largest absolute Gasteiger partial charge is 0.192 e. The maximum atomic E-state index is 9.66. The average Bonchev–Trinajstić information content (AvgIpc) is 2.77. The standard InChI is InChI=1S/C28H17N/c1-17-12-27-26(15-21(17)16-29)25-14-20-8-3-2-7-19(20)13-24(25)23-11-10-18-6-4-5-9-22(18)28(23)27/h2-15H,1H3. The van der Waals surface area contributed by atoms with Crippen molar-refractivity contribution in [3.8, 4) is 6.07 Å². The minimum Gasteiger partial charge on any atom is -0.192 e. The van der Waals surface area contributed by atoms with Gasteiger partial charge in [-0.25, -0.2) is 0 Å². The van der Waals surface area contributed by atoms with Gasteiger partial charge in [-0.15, -0.1) is 0 Å². The Kier molecular flexibility index (Phi) is 3.22.